The Balaban J connectivity index is 1.42. The van der Waals surface area contributed by atoms with Gasteiger partial charge in [-0.1, -0.05) is 156 Å². The summed E-state index contributed by atoms with van der Waals surface area (Å²) in [6, 6.07) is 15.1. The normalized spacial score (nSPS) is 11.8. The first-order valence-electron chi connectivity index (χ1n) is 24.2. The monoisotopic (exact) mass is 952 g/mol. The van der Waals surface area contributed by atoms with Gasteiger partial charge < -0.3 is 0 Å². The van der Waals surface area contributed by atoms with Gasteiger partial charge in [0.2, 0.25) is 0 Å². The van der Waals surface area contributed by atoms with E-state index in [0.717, 1.165) is 0 Å². The van der Waals surface area contributed by atoms with Gasteiger partial charge in [-0.15, -0.1) is 56.7 Å². The summed E-state index contributed by atoms with van der Waals surface area (Å²) in [5, 5.41) is 0. The van der Waals surface area contributed by atoms with Crippen LogP contribution in [0.1, 0.15) is 209 Å². The van der Waals surface area contributed by atoms with E-state index in [1.165, 1.54) is 218 Å². The Labute approximate surface area is 390 Å². The van der Waals surface area contributed by atoms with Crippen molar-refractivity contribution in [1.82, 2.24) is 0 Å². The summed E-state index contributed by atoms with van der Waals surface area (Å²) in [5.41, 5.74) is 6.31. The summed E-state index contributed by atoms with van der Waals surface area (Å²) in [6.45, 7) is 11.6. The van der Waals surface area contributed by atoms with Gasteiger partial charge in [0.25, 0.3) is 0 Å². The highest BCUT2D eigenvalue weighted by atomic mass is 79.9. The molecule has 0 saturated heterocycles. The first-order valence-corrected chi connectivity index (χ1v) is 29.1. The van der Waals surface area contributed by atoms with Crippen LogP contribution in [0.5, 0.6) is 0 Å². The summed E-state index contributed by atoms with van der Waals surface area (Å²) >= 11 is 14.1. The molecule has 0 saturated carbocycles. The molecule has 0 unspecified atom stereocenters. The quantitative estimate of drug-likeness (QED) is 0.0377. The smallest absolute Gasteiger partial charge is 0.0708 e. The Bertz CT molecular complexity index is 1740. The molecule has 5 heterocycles. The molecule has 0 radical (unpaired) electrons. The van der Waals surface area contributed by atoms with Gasteiger partial charge in [0, 0.05) is 43.9 Å². The molecule has 0 fully saturated rings. The van der Waals surface area contributed by atoms with Crippen LogP contribution in [0.25, 0.3) is 39.0 Å². The molecule has 5 rings (SSSR count). The predicted octanol–water partition coefficient (Wildman–Crippen LogP) is 21.3. The zero-order valence-corrected chi connectivity index (χ0v) is 43.4. The molecule has 0 aliphatic heterocycles. The molecule has 0 atom stereocenters. The molecule has 0 aliphatic carbocycles. The van der Waals surface area contributed by atoms with E-state index in [2.05, 4.69) is 121 Å². The van der Waals surface area contributed by atoms with Gasteiger partial charge in [-0.2, -0.15) is 0 Å². The zero-order chi connectivity index (χ0) is 41.7. The maximum absolute atomic E-state index is 3.91. The van der Waals surface area contributed by atoms with Crippen LogP contribution in [0.3, 0.4) is 0 Å². The van der Waals surface area contributed by atoms with Gasteiger partial charge >= 0.3 is 0 Å². The Kier molecular flexibility index (Phi) is 23.2. The van der Waals surface area contributed by atoms with Crippen LogP contribution in [0, 0.1) is 6.92 Å². The third-order valence-corrected chi connectivity index (χ3v) is 19.0. The molecule has 0 N–H and O–H groups in total. The summed E-state index contributed by atoms with van der Waals surface area (Å²) in [7, 11) is 0. The number of unbranched alkanes of at least 4 members (excludes halogenated alkanes) is 20. The van der Waals surface area contributed by atoms with E-state index in [9.17, 15) is 0 Å². The zero-order valence-electron chi connectivity index (χ0n) is 37.7. The van der Waals surface area contributed by atoms with Crippen LogP contribution in [0.2, 0.25) is 0 Å². The Hall–Kier alpha value is -1.02. The van der Waals surface area contributed by atoms with E-state index in [0.29, 0.717) is 0 Å². The van der Waals surface area contributed by atoms with Gasteiger partial charge in [0.05, 0.1) is 3.79 Å². The second kappa shape index (κ2) is 27.9. The lowest BCUT2D eigenvalue weighted by atomic mass is 10.0. The van der Waals surface area contributed by atoms with Crippen molar-refractivity contribution in [2.24, 2.45) is 0 Å². The van der Waals surface area contributed by atoms with E-state index in [1.54, 1.807) is 32.0 Å². The number of thiophene rings is 5. The lowest BCUT2D eigenvalue weighted by Gasteiger charge is -2.04. The van der Waals surface area contributed by atoms with E-state index in [-0.39, 0.29) is 0 Å². The van der Waals surface area contributed by atoms with Crippen LogP contribution in [-0.4, -0.2) is 0 Å². The fourth-order valence-corrected chi connectivity index (χ4v) is 15.3. The van der Waals surface area contributed by atoms with Crippen molar-refractivity contribution in [1.29, 1.82) is 0 Å². The van der Waals surface area contributed by atoms with E-state index in [4.69, 9.17) is 0 Å². The molecule has 0 nitrogen and oxygen atoms in total. The minimum atomic E-state index is 1.19. The molecule has 0 amide bonds. The number of aryl methyl sites for hydroxylation is 5. The van der Waals surface area contributed by atoms with Crippen molar-refractivity contribution >= 4 is 72.6 Å². The molecule has 59 heavy (non-hydrogen) atoms. The van der Waals surface area contributed by atoms with Crippen LogP contribution in [0.4, 0.5) is 0 Å². The predicted molar refractivity (Wildman–Crippen MR) is 278 cm³/mol. The van der Waals surface area contributed by atoms with Crippen LogP contribution in [0.15, 0.2) is 40.2 Å². The van der Waals surface area contributed by atoms with Crippen molar-refractivity contribution in [3.8, 4) is 39.0 Å². The van der Waals surface area contributed by atoms with Crippen LogP contribution < -0.4 is 0 Å². The molecule has 0 spiro atoms. The second-order valence-electron chi connectivity index (χ2n) is 17.3. The molecular formula is C53H77BrS5. The highest BCUT2D eigenvalue weighted by Gasteiger charge is 2.21. The molecular weight excluding hydrogens is 877 g/mol. The van der Waals surface area contributed by atoms with Crippen molar-refractivity contribution in [3.05, 3.63) is 67.3 Å². The first kappa shape index (κ1) is 49.0. The molecule has 5 aromatic heterocycles. The maximum Gasteiger partial charge on any atom is 0.0708 e. The third-order valence-electron chi connectivity index (χ3n) is 12.0. The standard InChI is InChI=1S/C53H77BrS5/c1-6-10-14-18-22-26-30-41-36-40(5)55-52(41)47-37-42(31-27-23-19-15-11-7-2)50(57-47)45-34-35-46(56-45)51-43(32-28-24-20-16-12-8-3)38-48(58-51)53-44(39-49(54)59-53)33-29-25-21-17-13-9-4/h34-39H,6-33H2,1-5H3. The number of hydrogen-bond donors (Lipinski definition) is 0. The average Bonchev–Trinajstić information content (AvgIpc) is 4.08. The summed E-state index contributed by atoms with van der Waals surface area (Å²) in [4.78, 5) is 13.5. The number of halogens is 1. The third kappa shape index (κ3) is 15.9. The fourth-order valence-electron chi connectivity index (χ4n) is 8.59. The summed E-state index contributed by atoms with van der Waals surface area (Å²) in [5.74, 6) is 0. The largest absolute Gasteiger partial charge is 0.139 e. The highest BCUT2D eigenvalue weighted by molar-refractivity contribution is 9.11. The van der Waals surface area contributed by atoms with Gasteiger partial charge in [0.15, 0.2) is 0 Å². The van der Waals surface area contributed by atoms with Crippen molar-refractivity contribution in [2.45, 2.75) is 214 Å². The van der Waals surface area contributed by atoms with Crippen LogP contribution in [-0.2, 0) is 25.7 Å². The highest BCUT2D eigenvalue weighted by Crippen LogP contribution is 2.50. The lowest BCUT2D eigenvalue weighted by Crippen LogP contribution is -1.87. The molecule has 5 aromatic rings. The average molecular weight is 954 g/mol. The Morgan fingerprint density at radius 3 is 1.07 bits per heavy atom. The van der Waals surface area contributed by atoms with E-state index < -0.39 is 0 Å². The molecule has 326 valence electrons. The van der Waals surface area contributed by atoms with E-state index in [1.807, 2.05) is 22.7 Å². The molecule has 6 heteroatoms. The van der Waals surface area contributed by atoms with Gasteiger partial charge in [-0.05, 0) is 133 Å². The number of hydrogen-bond acceptors (Lipinski definition) is 5. The van der Waals surface area contributed by atoms with Gasteiger partial charge in [-0.25, -0.2) is 0 Å². The summed E-state index contributed by atoms with van der Waals surface area (Å²) < 4.78 is 1.28. The first-order chi connectivity index (χ1) is 28.9. The fraction of sp³-hybridized carbons (Fsp3) is 0.623. The maximum atomic E-state index is 3.91. The topological polar surface area (TPSA) is 0 Å². The molecule has 0 aliphatic rings. The van der Waals surface area contributed by atoms with Gasteiger partial charge in [-0.3, -0.25) is 0 Å². The van der Waals surface area contributed by atoms with Gasteiger partial charge in [0.1, 0.15) is 0 Å². The van der Waals surface area contributed by atoms with Crippen molar-refractivity contribution < 1.29 is 0 Å². The molecule has 0 bridgehead atoms. The van der Waals surface area contributed by atoms with Crippen molar-refractivity contribution in [3.63, 3.8) is 0 Å². The number of rotatable bonds is 32. The minimum absolute atomic E-state index is 1.19. The Morgan fingerprint density at radius 2 is 0.661 bits per heavy atom. The van der Waals surface area contributed by atoms with Crippen molar-refractivity contribution in [2.75, 3.05) is 0 Å². The minimum Gasteiger partial charge on any atom is -0.139 e. The van der Waals surface area contributed by atoms with E-state index >= 15 is 0 Å². The SMILES string of the molecule is CCCCCCCCc1cc(C)sc1-c1cc(CCCCCCCC)c(-c2ccc(-c3sc(-c4sc(Br)cc4CCCCCCCC)cc3CCCCCCCC)s2)s1. The lowest BCUT2D eigenvalue weighted by molar-refractivity contribution is 0.608. The van der Waals surface area contributed by atoms with Crippen LogP contribution >= 0.6 is 72.6 Å². The molecule has 0 aromatic carbocycles. The second-order valence-corrected chi connectivity index (χ2v) is 24.2. The Morgan fingerprint density at radius 1 is 0.339 bits per heavy atom. The summed E-state index contributed by atoms with van der Waals surface area (Å²) in [6.07, 6.45) is 37.2.